The molecule has 0 spiro atoms. The fraction of sp³-hybridized carbons (Fsp3) is 0.417. The van der Waals surface area contributed by atoms with Crippen molar-refractivity contribution in [2.24, 2.45) is 10.9 Å². The molecule has 0 saturated heterocycles. The molecule has 1 aromatic carbocycles. The van der Waals surface area contributed by atoms with E-state index in [0.29, 0.717) is 12.8 Å². The first-order chi connectivity index (χ1) is 9.70. The zero-order valence-corrected chi connectivity index (χ0v) is 13.9. The van der Waals surface area contributed by atoms with Crippen molar-refractivity contribution < 1.29 is 13.6 Å². The van der Waals surface area contributed by atoms with Crippen molar-refractivity contribution in [3.05, 3.63) is 28.2 Å². The van der Waals surface area contributed by atoms with Gasteiger partial charge in [0.2, 0.25) is 10.0 Å². The van der Waals surface area contributed by atoms with Crippen LogP contribution in [-0.4, -0.2) is 25.0 Å². The van der Waals surface area contributed by atoms with Gasteiger partial charge in [-0.15, -0.1) is 0 Å². The van der Waals surface area contributed by atoms with Crippen LogP contribution in [0, 0.1) is 0 Å². The van der Waals surface area contributed by atoms with E-state index < -0.39 is 15.6 Å². The van der Waals surface area contributed by atoms with E-state index in [1.807, 2.05) is 0 Å². The summed E-state index contributed by atoms with van der Waals surface area (Å²) in [5.41, 5.74) is 4.46. The number of sulfonamides is 1. The van der Waals surface area contributed by atoms with Gasteiger partial charge in [-0.3, -0.25) is 0 Å². The molecule has 6 nitrogen and oxygen atoms in total. The van der Waals surface area contributed by atoms with E-state index in [9.17, 15) is 8.42 Å². The third kappa shape index (κ3) is 4.00. The Kier molecular flexibility index (Phi) is 5.86. The van der Waals surface area contributed by atoms with Gasteiger partial charge in [-0.05, 0) is 31.0 Å². The predicted octanol–water partition coefficient (Wildman–Crippen LogP) is 2.58. The van der Waals surface area contributed by atoms with Gasteiger partial charge in [-0.1, -0.05) is 42.2 Å². The Bertz CT molecular complexity index is 623. The topological polar surface area (TPSA) is 105 Å². The molecule has 0 aliphatic heterocycles. The number of nitrogens with zero attached hydrogens (tertiary/aromatic N) is 1. The largest absolute Gasteiger partial charge is 0.409 e. The highest BCUT2D eigenvalue weighted by Gasteiger charge is 2.36. The van der Waals surface area contributed by atoms with Crippen LogP contribution in [0.15, 0.2) is 28.3 Å². The lowest BCUT2D eigenvalue weighted by Gasteiger charge is -2.30. The van der Waals surface area contributed by atoms with Crippen LogP contribution < -0.4 is 10.5 Å². The van der Waals surface area contributed by atoms with Gasteiger partial charge in [0.05, 0.1) is 10.4 Å². The lowest BCUT2D eigenvalue weighted by molar-refractivity contribution is 0.307. The average Bonchev–Trinajstić information content (AvgIpc) is 2.43. The minimum atomic E-state index is -3.93. The van der Waals surface area contributed by atoms with Gasteiger partial charge in [0.15, 0.2) is 5.84 Å². The predicted molar refractivity (Wildman–Crippen MR) is 83.5 cm³/mol. The molecule has 0 aliphatic carbocycles. The molecule has 0 fully saturated rings. The molecular weight excluding hydrogens is 337 g/mol. The summed E-state index contributed by atoms with van der Waals surface area (Å²) in [5.74, 6) is -0.204. The summed E-state index contributed by atoms with van der Waals surface area (Å²) in [6.07, 6.45) is 0.625. The second kappa shape index (κ2) is 6.83. The van der Waals surface area contributed by atoms with E-state index in [-0.39, 0.29) is 20.8 Å². The van der Waals surface area contributed by atoms with Crippen LogP contribution in [0.3, 0.4) is 0 Å². The second-order valence-electron chi connectivity index (χ2n) is 4.49. The first-order valence-corrected chi connectivity index (χ1v) is 8.42. The molecule has 21 heavy (non-hydrogen) atoms. The second-order valence-corrected chi connectivity index (χ2v) is 7.04. The van der Waals surface area contributed by atoms with Gasteiger partial charge in [-0.25, -0.2) is 8.42 Å². The number of nitrogens with two attached hydrogens (primary N) is 1. The lowest BCUT2D eigenvalue weighted by Crippen LogP contribution is -2.56. The van der Waals surface area contributed by atoms with E-state index >= 15 is 0 Å². The summed E-state index contributed by atoms with van der Waals surface area (Å²) in [6, 6.07) is 3.98. The number of rotatable bonds is 6. The van der Waals surface area contributed by atoms with Gasteiger partial charge in [-0.2, -0.15) is 4.72 Å². The van der Waals surface area contributed by atoms with Crippen molar-refractivity contribution in [3.8, 4) is 0 Å². The molecule has 9 heteroatoms. The van der Waals surface area contributed by atoms with E-state index in [2.05, 4.69) is 9.88 Å². The number of halogens is 2. The normalized spacial score (nSPS) is 13.4. The fourth-order valence-corrected chi connectivity index (χ4v) is 4.15. The average molecular weight is 354 g/mol. The van der Waals surface area contributed by atoms with E-state index in [1.165, 1.54) is 18.2 Å². The van der Waals surface area contributed by atoms with Crippen molar-refractivity contribution in [3.63, 3.8) is 0 Å². The Hall–Kier alpha value is -1.02. The van der Waals surface area contributed by atoms with Crippen LogP contribution in [0.4, 0.5) is 0 Å². The number of benzene rings is 1. The van der Waals surface area contributed by atoms with E-state index in [4.69, 9.17) is 34.1 Å². The first kappa shape index (κ1) is 18.0. The highest BCUT2D eigenvalue weighted by molar-refractivity contribution is 7.89. The monoisotopic (exact) mass is 353 g/mol. The standard InChI is InChI=1S/C12H17Cl2N3O3S/c1-3-12(4-2,11(15)16-18)17-21(19,20)10-6-8(13)5-9(14)7-10/h5-7,17-18H,3-4H2,1-2H3,(H2,15,16). The Morgan fingerprint density at radius 2 is 1.76 bits per heavy atom. The maximum absolute atomic E-state index is 12.5. The van der Waals surface area contributed by atoms with Crippen molar-refractivity contribution in [2.75, 3.05) is 0 Å². The van der Waals surface area contributed by atoms with E-state index in [1.54, 1.807) is 13.8 Å². The van der Waals surface area contributed by atoms with Crippen molar-refractivity contribution in [1.29, 1.82) is 0 Å². The van der Waals surface area contributed by atoms with Gasteiger partial charge in [0.1, 0.15) is 0 Å². The zero-order valence-electron chi connectivity index (χ0n) is 11.6. The molecule has 0 aromatic heterocycles. The molecule has 1 rings (SSSR count). The zero-order chi connectivity index (χ0) is 16.3. The van der Waals surface area contributed by atoms with Crippen molar-refractivity contribution >= 4 is 39.1 Å². The molecule has 0 radical (unpaired) electrons. The van der Waals surface area contributed by atoms with Crippen LogP contribution in [0.5, 0.6) is 0 Å². The maximum atomic E-state index is 12.5. The lowest BCUT2D eigenvalue weighted by atomic mass is 9.93. The molecule has 0 aliphatic rings. The molecule has 0 atom stereocenters. The van der Waals surface area contributed by atoms with Crippen molar-refractivity contribution in [1.82, 2.24) is 4.72 Å². The summed E-state index contributed by atoms with van der Waals surface area (Å²) in [5, 5.41) is 12.2. The molecule has 0 bridgehead atoms. The van der Waals surface area contributed by atoms with Gasteiger partial charge in [0.25, 0.3) is 0 Å². The SMILES string of the molecule is CCC(CC)(NS(=O)(=O)c1cc(Cl)cc(Cl)c1)/C(N)=N/O. The van der Waals surface area contributed by atoms with Crippen LogP contribution in [-0.2, 0) is 10.0 Å². The maximum Gasteiger partial charge on any atom is 0.241 e. The smallest absolute Gasteiger partial charge is 0.241 e. The highest BCUT2D eigenvalue weighted by atomic mass is 35.5. The number of hydrogen-bond acceptors (Lipinski definition) is 4. The summed E-state index contributed by atoms with van der Waals surface area (Å²) >= 11 is 11.6. The molecule has 1 aromatic rings. The van der Waals surface area contributed by atoms with E-state index in [0.717, 1.165) is 0 Å². The quantitative estimate of drug-likeness (QED) is 0.316. The van der Waals surface area contributed by atoms with Crippen LogP contribution in [0.2, 0.25) is 10.0 Å². The molecule has 0 saturated carbocycles. The Labute approximate surface area is 134 Å². The summed E-state index contributed by atoms with van der Waals surface area (Å²) in [6.45, 7) is 3.46. The van der Waals surface area contributed by atoms with Gasteiger partial charge in [0, 0.05) is 10.0 Å². The Morgan fingerprint density at radius 3 is 2.14 bits per heavy atom. The number of oxime groups is 1. The minimum absolute atomic E-state index is 0.0861. The highest BCUT2D eigenvalue weighted by Crippen LogP contribution is 2.25. The van der Waals surface area contributed by atoms with Crippen LogP contribution in [0.25, 0.3) is 0 Å². The third-order valence-corrected chi connectivity index (χ3v) is 5.23. The number of hydrogen-bond donors (Lipinski definition) is 3. The van der Waals surface area contributed by atoms with Crippen LogP contribution in [0.1, 0.15) is 26.7 Å². The summed E-state index contributed by atoms with van der Waals surface area (Å²) < 4.78 is 27.4. The number of amidine groups is 1. The molecule has 0 heterocycles. The van der Waals surface area contributed by atoms with Gasteiger partial charge < -0.3 is 10.9 Å². The molecular formula is C12H17Cl2N3O3S. The number of nitrogens with one attached hydrogen (secondary N) is 1. The Morgan fingerprint density at radius 1 is 1.29 bits per heavy atom. The van der Waals surface area contributed by atoms with Crippen LogP contribution >= 0.6 is 23.2 Å². The third-order valence-electron chi connectivity index (χ3n) is 3.28. The van der Waals surface area contributed by atoms with Crippen molar-refractivity contribution in [2.45, 2.75) is 37.1 Å². The minimum Gasteiger partial charge on any atom is -0.409 e. The summed E-state index contributed by atoms with van der Waals surface area (Å²) in [4.78, 5) is -0.0861. The first-order valence-electron chi connectivity index (χ1n) is 6.19. The molecule has 4 N–H and O–H groups in total. The fourth-order valence-electron chi connectivity index (χ4n) is 1.90. The molecule has 0 unspecified atom stereocenters. The van der Waals surface area contributed by atoms with Gasteiger partial charge >= 0.3 is 0 Å². The molecule has 118 valence electrons. The Balaban J connectivity index is 3.30. The molecule has 0 amide bonds. The summed E-state index contributed by atoms with van der Waals surface area (Å²) in [7, 11) is -3.93.